The van der Waals surface area contributed by atoms with E-state index in [1.807, 2.05) is 6.07 Å². The van der Waals surface area contributed by atoms with E-state index in [-0.39, 0.29) is 6.04 Å². The number of rotatable bonds is 4. The van der Waals surface area contributed by atoms with Gasteiger partial charge in [0.05, 0.1) is 0 Å². The Kier molecular flexibility index (Phi) is 4.37. The van der Waals surface area contributed by atoms with Crippen molar-refractivity contribution in [2.24, 2.45) is 5.73 Å². The van der Waals surface area contributed by atoms with Gasteiger partial charge in [0.1, 0.15) is 0 Å². The highest BCUT2D eigenvalue weighted by Crippen LogP contribution is 2.22. The molecule has 0 aliphatic rings. The molecular weight excluding hydrogens is 322 g/mol. The third-order valence-electron chi connectivity index (χ3n) is 3.80. The van der Waals surface area contributed by atoms with E-state index in [1.54, 1.807) is 0 Å². The SMILES string of the molecule is NC(Cc1ccccc1Br)Cc1cccc2ccccc12. The number of benzene rings is 3. The molecule has 0 saturated heterocycles. The third-order valence-corrected chi connectivity index (χ3v) is 4.58. The van der Waals surface area contributed by atoms with Crippen molar-refractivity contribution in [3.05, 3.63) is 82.3 Å². The van der Waals surface area contributed by atoms with Crippen molar-refractivity contribution >= 4 is 26.7 Å². The monoisotopic (exact) mass is 339 g/mol. The van der Waals surface area contributed by atoms with Gasteiger partial charge in [0.15, 0.2) is 0 Å². The average Bonchev–Trinajstić information content (AvgIpc) is 2.50. The van der Waals surface area contributed by atoms with Gasteiger partial charge in [-0.3, -0.25) is 0 Å². The highest BCUT2D eigenvalue weighted by atomic mass is 79.9. The lowest BCUT2D eigenvalue weighted by molar-refractivity contribution is 0.666. The minimum atomic E-state index is 0.120. The molecule has 0 heterocycles. The van der Waals surface area contributed by atoms with Crippen LogP contribution in [0.5, 0.6) is 0 Å². The summed E-state index contributed by atoms with van der Waals surface area (Å²) in [6.07, 6.45) is 1.77. The summed E-state index contributed by atoms with van der Waals surface area (Å²) in [4.78, 5) is 0. The van der Waals surface area contributed by atoms with Crippen LogP contribution in [0.25, 0.3) is 10.8 Å². The van der Waals surface area contributed by atoms with Crippen LogP contribution < -0.4 is 5.73 Å². The number of halogens is 1. The van der Waals surface area contributed by atoms with Crippen molar-refractivity contribution in [1.29, 1.82) is 0 Å². The molecule has 1 unspecified atom stereocenters. The van der Waals surface area contributed by atoms with Gasteiger partial charge in [0, 0.05) is 10.5 Å². The molecule has 0 radical (unpaired) electrons. The van der Waals surface area contributed by atoms with E-state index in [2.05, 4.69) is 76.6 Å². The van der Waals surface area contributed by atoms with Crippen LogP contribution in [0.2, 0.25) is 0 Å². The van der Waals surface area contributed by atoms with Gasteiger partial charge >= 0.3 is 0 Å². The fourth-order valence-corrected chi connectivity index (χ4v) is 3.22. The molecule has 1 nitrogen and oxygen atoms in total. The van der Waals surface area contributed by atoms with Crippen molar-refractivity contribution < 1.29 is 0 Å². The molecule has 0 aliphatic heterocycles. The Labute approximate surface area is 133 Å². The van der Waals surface area contributed by atoms with Crippen LogP contribution in [0.4, 0.5) is 0 Å². The van der Waals surface area contributed by atoms with Gasteiger partial charge in [-0.25, -0.2) is 0 Å². The second-order valence-electron chi connectivity index (χ2n) is 5.40. The molecule has 2 heteroatoms. The summed E-state index contributed by atoms with van der Waals surface area (Å²) in [5, 5.41) is 2.59. The lowest BCUT2D eigenvalue weighted by Crippen LogP contribution is -2.25. The van der Waals surface area contributed by atoms with Gasteiger partial charge in [-0.2, -0.15) is 0 Å². The molecule has 0 amide bonds. The van der Waals surface area contributed by atoms with E-state index in [1.165, 1.54) is 21.9 Å². The topological polar surface area (TPSA) is 26.0 Å². The van der Waals surface area contributed by atoms with Gasteiger partial charge in [-0.1, -0.05) is 76.6 Å². The van der Waals surface area contributed by atoms with Crippen LogP contribution in [-0.4, -0.2) is 6.04 Å². The number of fused-ring (bicyclic) bond motifs is 1. The van der Waals surface area contributed by atoms with Crippen molar-refractivity contribution in [3.8, 4) is 0 Å². The molecule has 0 aliphatic carbocycles. The lowest BCUT2D eigenvalue weighted by atomic mass is 9.96. The maximum absolute atomic E-state index is 6.38. The van der Waals surface area contributed by atoms with Crippen molar-refractivity contribution in [2.45, 2.75) is 18.9 Å². The first kappa shape index (κ1) is 14.3. The van der Waals surface area contributed by atoms with E-state index >= 15 is 0 Å². The summed E-state index contributed by atoms with van der Waals surface area (Å²) < 4.78 is 1.14. The van der Waals surface area contributed by atoms with E-state index in [0.29, 0.717) is 0 Å². The molecule has 21 heavy (non-hydrogen) atoms. The predicted octanol–water partition coefficient (Wildman–Crippen LogP) is 4.71. The normalized spacial score (nSPS) is 12.5. The lowest BCUT2D eigenvalue weighted by Gasteiger charge is -2.14. The zero-order chi connectivity index (χ0) is 14.7. The fraction of sp³-hybridized carbons (Fsp3) is 0.158. The summed E-state index contributed by atoms with van der Waals surface area (Å²) in [6, 6.07) is 23.4. The molecule has 3 rings (SSSR count). The van der Waals surface area contributed by atoms with Gasteiger partial charge in [-0.15, -0.1) is 0 Å². The summed E-state index contributed by atoms with van der Waals surface area (Å²) in [7, 11) is 0. The zero-order valence-electron chi connectivity index (χ0n) is 11.8. The average molecular weight is 340 g/mol. The first-order chi connectivity index (χ1) is 10.2. The maximum Gasteiger partial charge on any atom is 0.0207 e. The Morgan fingerprint density at radius 2 is 1.38 bits per heavy atom. The van der Waals surface area contributed by atoms with Crippen LogP contribution in [0.1, 0.15) is 11.1 Å². The van der Waals surface area contributed by atoms with Gasteiger partial charge < -0.3 is 5.73 Å². The van der Waals surface area contributed by atoms with Crippen molar-refractivity contribution in [2.75, 3.05) is 0 Å². The fourth-order valence-electron chi connectivity index (χ4n) is 2.77. The first-order valence-corrected chi connectivity index (χ1v) is 7.99. The Bertz CT molecular complexity index is 746. The summed E-state index contributed by atoms with van der Waals surface area (Å²) in [5.41, 5.74) is 8.97. The Morgan fingerprint density at radius 3 is 2.24 bits per heavy atom. The standard InChI is InChI=1S/C19H18BrN/c20-19-11-4-2-7-16(19)13-17(21)12-15-9-5-8-14-6-1-3-10-18(14)15/h1-11,17H,12-13,21H2. The maximum atomic E-state index is 6.38. The summed E-state index contributed by atoms with van der Waals surface area (Å²) in [6.45, 7) is 0. The molecule has 1 atom stereocenters. The molecular formula is C19H18BrN. The molecule has 3 aromatic rings. The van der Waals surface area contributed by atoms with Crippen LogP contribution >= 0.6 is 15.9 Å². The van der Waals surface area contributed by atoms with Crippen LogP contribution in [0.3, 0.4) is 0 Å². The van der Waals surface area contributed by atoms with Crippen LogP contribution in [0, 0.1) is 0 Å². The Balaban J connectivity index is 1.81. The predicted molar refractivity (Wildman–Crippen MR) is 93.5 cm³/mol. The molecule has 2 N–H and O–H groups in total. The summed E-state index contributed by atoms with van der Waals surface area (Å²) >= 11 is 3.59. The number of hydrogen-bond acceptors (Lipinski definition) is 1. The highest BCUT2D eigenvalue weighted by Gasteiger charge is 2.09. The quantitative estimate of drug-likeness (QED) is 0.731. The van der Waals surface area contributed by atoms with Gasteiger partial charge in [0.2, 0.25) is 0 Å². The Morgan fingerprint density at radius 1 is 0.762 bits per heavy atom. The molecule has 3 aromatic carbocycles. The van der Waals surface area contributed by atoms with E-state index in [4.69, 9.17) is 5.73 Å². The van der Waals surface area contributed by atoms with Crippen LogP contribution in [-0.2, 0) is 12.8 Å². The first-order valence-electron chi connectivity index (χ1n) is 7.19. The van der Waals surface area contributed by atoms with E-state index < -0.39 is 0 Å². The van der Waals surface area contributed by atoms with Crippen molar-refractivity contribution in [1.82, 2.24) is 0 Å². The molecule has 106 valence electrons. The third kappa shape index (κ3) is 3.34. The van der Waals surface area contributed by atoms with Gasteiger partial charge in [-0.05, 0) is 40.8 Å². The highest BCUT2D eigenvalue weighted by molar-refractivity contribution is 9.10. The van der Waals surface area contributed by atoms with Gasteiger partial charge in [0.25, 0.3) is 0 Å². The van der Waals surface area contributed by atoms with E-state index in [9.17, 15) is 0 Å². The van der Waals surface area contributed by atoms with Crippen molar-refractivity contribution in [3.63, 3.8) is 0 Å². The largest absolute Gasteiger partial charge is 0.327 e. The summed E-state index contributed by atoms with van der Waals surface area (Å²) in [5.74, 6) is 0. The minimum Gasteiger partial charge on any atom is -0.327 e. The second-order valence-corrected chi connectivity index (χ2v) is 6.25. The zero-order valence-corrected chi connectivity index (χ0v) is 13.4. The second kappa shape index (κ2) is 6.42. The number of hydrogen-bond donors (Lipinski definition) is 1. The molecule has 0 bridgehead atoms. The van der Waals surface area contributed by atoms with E-state index in [0.717, 1.165) is 17.3 Å². The molecule has 0 fully saturated rings. The van der Waals surface area contributed by atoms with Crippen LogP contribution in [0.15, 0.2) is 71.2 Å². The molecule has 0 aromatic heterocycles. The minimum absolute atomic E-state index is 0.120. The smallest absolute Gasteiger partial charge is 0.0207 e. The number of nitrogens with two attached hydrogens (primary N) is 1. The Hall–Kier alpha value is -1.64. The molecule has 0 saturated carbocycles. The molecule has 0 spiro atoms.